The van der Waals surface area contributed by atoms with Gasteiger partial charge in [-0.2, -0.15) is 0 Å². The van der Waals surface area contributed by atoms with Crippen molar-refractivity contribution in [2.24, 2.45) is 0 Å². The molecule has 0 aromatic carbocycles. The van der Waals surface area contributed by atoms with E-state index < -0.39 is 5.97 Å². The highest BCUT2D eigenvalue weighted by Gasteiger charge is 2.25. The van der Waals surface area contributed by atoms with Crippen LogP contribution in [-0.4, -0.2) is 28.6 Å². The quantitative estimate of drug-likeness (QED) is 0.936. The van der Waals surface area contributed by atoms with Crippen molar-refractivity contribution in [3.63, 3.8) is 0 Å². The molecule has 2 aromatic rings. The van der Waals surface area contributed by atoms with Crippen LogP contribution in [0.25, 0.3) is 10.1 Å². The van der Waals surface area contributed by atoms with Crippen LogP contribution in [-0.2, 0) is 4.79 Å². The Morgan fingerprint density at radius 2 is 2.35 bits per heavy atom. The van der Waals surface area contributed by atoms with Crippen LogP contribution in [0.1, 0.15) is 32.1 Å². The minimum atomic E-state index is -0.711. The van der Waals surface area contributed by atoms with E-state index in [1.807, 2.05) is 12.3 Å². The van der Waals surface area contributed by atoms with Gasteiger partial charge in [-0.1, -0.05) is 0 Å². The average molecular weight is 290 g/mol. The minimum Gasteiger partial charge on any atom is -0.481 e. The van der Waals surface area contributed by atoms with Gasteiger partial charge in [0.05, 0.1) is 0 Å². The molecule has 5 heteroatoms. The molecule has 0 saturated carbocycles. The van der Waals surface area contributed by atoms with Gasteiger partial charge in [0.2, 0.25) is 0 Å². The van der Waals surface area contributed by atoms with Gasteiger partial charge in [-0.3, -0.25) is 4.79 Å². The number of carboxylic acid groups (broad SMARTS) is 1. The molecule has 1 saturated heterocycles. The number of piperidine rings is 1. The van der Waals surface area contributed by atoms with Crippen LogP contribution in [0.15, 0.2) is 23.7 Å². The van der Waals surface area contributed by atoms with Crippen molar-refractivity contribution in [1.82, 2.24) is 4.98 Å². The van der Waals surface area contributed by atoms with Gasteiger partial charge in [0.15, 0.2) is 0 Å². The molecule has 1 unspecified atom stereocenters. The summed E-state index contributed by atoms with van der Waals surface area (Å²) in [6, 6.07) is 4.46. The second-order valence-electron chi connectivity index (χ2n) is 5.24. The number of carboxylic acids is 1. The summed E-state index contributed by atoms with van der Waals surface area (Å²) < 4.78 is 1.25. The van der Waals surface area contributed by atoms with E-state index in [9.17, 15) is 4.79 Å². The van der Waals surface area contributed by atoms with E-state index >= 15 is 0 Å². The van der Waals surface area contributed by atoms with Crippen LogP contribution < -0.4 is 4.90 Å². The van der Waals surface area contributed by atoms with E-state index in [4.69, 9.17) is 5.11 Å². The SMILES string of the molecule is O=C(O)CCC1CCCCN1c1nccc2sccc12. The second kappa shape index (κ2) is 5.79. The van der Waals surface area contributed by atoms with Gasteiger partial charge in [-0.25, -0.2) is 4.98 Å². The molecule has 0 aliphatic carbocycles. The van der Waals surface area contributed by atoms with Gasteiger partial charge in [0.1, 0.15) is 5.82 Å². The standard InChI is InChI=1S/C15H18N2O2S/c18-14(19)5-4-11-3-1-2-9-17(11)15-12-7-10-20-13(12)6-8-16-15/h6-8,10-11H,1-5,9H2,(H,18,19). The number of fused-ring (bicyclic) bond motifs is 1. The lowest BCUT2D eigenvalue weighted by Gasteiger charge is -2.37. The number of thiophene rings is 1. The summed E-state index contributed by atoms with van der Waals surface area (Å²) in [5.41, 5.74) is 0. The second-order valence-corrected chi connectivity index (χ2v) is 6.19. The first kappa shape index (κ1) is 13.4. The Hall–Kier alpha value is -1.62. The van der Waals surface area contributed by atoms with Crippen LogP contribution in [0.5, 0.6) is 0 Å². The maximum atomic E-state index is 10.8. The molecule has 2 aromatic heterocycles. The molecule has 1 fully saturated rings. The zero-order valence-electron chi connectivity index (χ0n) is 11.3. The Bertz CT molecular complexity index is 611. The maximum absolute atomic E-state index is 10.8. The number of aromatic nitrogens is 1. The zero-order chi connectivity index (χ0) is 13.9. The molecular weight excluding hydrogens is 272 g/mol. The number of carbonyl (C=O) groups is 1. The smallest absolute Gasteiger partial charge is 0.303 e. The largest absolute Gasteiger partial charge is 0.481 e. The van der Waals surface area contributed by atoms with Crippen molar-refractivity contribution in [2.75, 3.05) is 11.4 Å². The predicted octanol–water partition coefficient (Wildman–Crippen LogP) is 3.52. The van der Waals surface area contributed by atoms with E-state index in [1.54, 1.807) is 11.3 Å². The summed E-state index contributed by atoms with van der Waals surface area (Å²) in [6.07, 6.45) is 6.21. The molecule has 1 N–H and O–H groups in total. The predicted molar refractivity (Wildman–Crippen MR) is 81.5 cm³/mol. The number of nitrogens with zero attached hydrogens (tertiary/aromatic N) is 2. The Morgan fingerprint density at radius 1 is 1.45 bits per heavy atom. The molecule has 0 spiro atoms. The molecule has 0 bridgehead atoms. The molecule has 3 rings (SSSR count). The summed E-state index contributed by atoms with van der Waals surface area (Å²) in [5.74, 6) is 0.316. The van der Waals surface area contributed by atoms with Gasteiger partial charge in [-0.15, -0.1) is 11.3 Å². The highest BCUT2D eigenvalue weighted by atomic mass is 32.1. The molecule has 1 aliphatic rings. The Morgan fingerprint density at radius 3 is 3.20 bits per heavy atom. The Labute approximate surface area is 122 Å². The van der Waals surface area contributed by atoms with Crippen LogP contribution in [0, 0.1) is 0 Å². The van der Waals surface area contributed by atoms with Gasteiger partial charge in [0.25, 0.3) is 0 Å². The van der Waals surface area contributed by atoms with Gasteiger partial charge < -0.3 is 10.0 Å². The normalized spacial score (nSPS) is 19.4. The number of anilines is 1. The van der Waals surface area contributed by atoms with Crippen molar-refractivity contribution in [3.05, 3.63) is 23.7 Å². The number of rotatable bonds is 4. The third kappa shape index (κ3) is 2.63. The van der Waals surface area contributed by atoms with E-state index in [2.05, 4.69) is 21.3 Å². The molecule has 0 radical (unpaired) electrons. The van der Waals surface area contributed by atoms with Crippen LogP contribution >= 0.6 is 11.3 Å². The number of aliphatic carboxylic acids is 1. The minimum absolute atomic E-state index is 0.237. The van der Waals surface area contributed by atoms with E-state index in [-0.39, 0.29) is 6.42 Å². The lowest BCUT2D eigenvalue weighted by molar-refractivity contribution is -0.137. The molecule has 3 heterocycles. The highest BCUT2D eigenvalue weighted by Crippen LogP contribution is 2.33. The molecule has 1 aliphatic heterocycles. The molecule has 106 valence electrons. The lowest BCUT2D eigenvalue weighted by atomic mass is 9.97. The fraction of sp³-hybridized carbons (Fsp3) is 0.467. The summed E-state index contributed by atoms with van der Waals surface area (Å²) in [4.78, 5) is 17.7. The van der Waals surface area contributed by atoms with Crippen molar-refractivity contribution in [2.45, 2.75) is 38.1 Å². The number of hydrogen-bond acceptors (Lipinski definition) is 4. The molecule has 20 heavy (non-hydrogen) atoms. The fourth-order valence-electron chi connectivity index (χ4n) is 2.98. The first-order valence-corrected chi connectivity index (χ1v) is 7.94. The van der Waals surface area contributed by atoms with Crippen LogP contribution in [0.4, 0.5) is 5.82 Å². The topological polar surface area (TPSA) is 53.4 Å². The maximum Gasteiger partial charge on any atom is 0.303 e. The molecular formula is C15H18N2O2S. The van der Waals surface area contributed by atoms with E-state index in [0.717, 1.165) is 25.2 Å². The van der Waals surface area contributed by atoms with Gasteiger partial charge in [0, 0.05) is 35.3 Å². The fourth-order valence-corrected chi connectivity index (χ4v) is 3.75. The molecule has 4 nitrogen and oxygen atoms in total. The molecule has 1 atom stereocenters. The summed E-state index contributed by atoms with van der Waals surface area (Å²) in [7, 11) is 0. The monoisotopic (exact) mass is 290 g/mol. The third-order valence-corrected chi connectivity index (χ3v) is 4.83. The van der Waals surface area contributed by atoms with Gasteiger partial charge >= 0.3 is 5.97 Å². The van der Waals surface area contributed by atoms with Crippen LogP contribution in [0.3, 0.4) is 0 Å². The van der Waals surface area contributed by atoms with Crippen molar-refractivity contribution in [1.29, 1.82) is 0 Å². The summed E-state index contributed by atoms with van der Waals surface area (Å²) >= 11 is 1.72. The van der Waals surface area contributed by atoms with Gasteiger partial charge in [-0.05, 0) is 43.2 Å². The van der Waals surface area contributed by atoms with Crippen molar-refractivity contribution < 1.29 is 9.90 Å². The van der Waals surface area contributed by atoms with E-state index in [1.165, 1.54) is 16.5 Å². The third-order valence-electron chi connectivity index (χ3n) is 3.95. The first-order valence-electron chi connectivity index (χ1n) is 7.06. The zero-order valence-corrected chi connectivity index (χ0v) is 12.1. The lowest BCUT2D eigenvalue weighted by Crippen LogP contribution is -2.40. The highest BCUT2D eigenvalue weighted by molar-refractivity contribution is 7.17. The molecule has 0 amide bonds. The van der Waals surface area contributed by atoms with Crippen molar-refractivity contribution in [3.8, 4) is 0 Å². The Balaban J connectivity index is 1.89. The first-order chi connectivity index (χ1) is 9.75. The summed E-state index contributed by atoms with van der Waals surface area (Å²) in [5, 5.41) is 12.2. The Kier molecular flexibility index (Phi) is 3.87. The van der Waals surface area contributed by atoms with Crippen molar-refractivity contribution >= 4 is 33.2 Å². The average Bonchev–Trinajstić information content (AvgIpc) is 2.93. The van der Waals surface area contributed by atoms with E-state index in [0.29, 0.717) is 12.5 Å². The number of hydrogen-bond donors (Lipinski definition) is 1. The summed E-state index contributed by atoms with van der Waals surface area (Å²) in [6.45, 7) is 0.978. The number of pyridine rings is 1. The van der Waals surface area contributed by atoms with Crippen LogP contribution in [0.2, 0.25) is 0 Å².